The van der Waals surface area contributed by atoms with Gasteiger partial charge < -0.3 is 0 Å². The van der Waals surface area contributed by atoms with Crippen molar-refractivity contribution in [1.82, 2.24) is 4.98 Å². The molecule has 7 rings (SSSR count). The number of pyridine rings is 1. The molecule has 0 spiro atoms. The van der Waals surface area contributed by atoms with Gasteiger partial charge in [-0.15, -0.1) is 11.3 Å². The fourth-order valence-electron chi connectivity index (χ4n) is 5.21. The SMILES string of the molecule is N#Cc1cncc(-c2cccc(-c3ccc4c(c3)sc3cc(-c5ccccc5)c5ccccc5c34)c2)c1. The van der Waals surface area contributed by atoms with Crippen molar-refractivity contribution in [2.24, 2.45) is 0 Å². The van der Waals surface area contributed by atoms with Gasteiger partial charge in [0.25, 0.3) is 0 Å². The van der Waals surface area contributed by atoms with E-state index in [4.69, 9.17) is 0 Å². The Bertz CT molecular complexity index is 1990. The van der Waals surface area contributed by atoms with Crippen LogP contribution in [0.25, 0.3) is 64.3 Å². The summed E-state index contributed by atoms with van der Waals surface area (Å²) < 4.78 is 2.58. The minimum Gasteiger partial charge on any atom is -0.263 e. The Hall–Kier alpha value is -4.78. The molecule has 0 aliphatic rings. The molecule has 0 fully saturated rings. The lowest BCUT2D eigenvalue weighted by molar-refractivity contribution is 1.30. The van der Waals surface area contributed by atoms with E-state index in [2.05, 4.69) is 114 Å². The van der Waals surface area contributed by atoms with Gasteiger partial charge in [-0.05, 0) is 62.9 Å². The van der Waals surface area contributed by atoms with Gasteiger partial charge in [-0.25, -0.2) is 0 Å². The van der Waals surface area contributed by atoms with Crippen molar-refractivity contribution in [2.45, 2.75) is 0 Å². The second-order valence-electron chi connectivity index (χ2n) is 9.18. The van der Waals surface area contributed by atoms with Gasteiger partial charge in [0.15, 0.2) is 0 Å². The Kier molecular flexibility index (Phi) is 5.06. The maximum Gasteiger partial charge on any atom is 0.101 e. The lowest BCUT2D eigenvalue weighted by atomic mass is 9.94. The van der Waals surface area contributed by atoms with Crippen LogP contribution in [-0.4, -0.2) is 4.98 Å². The zero-order valence-corrected chi connectivity index (χ0v) is 20.7. The van der Waals surface area contributed by atoms with Gasteiger partial charge in [-0.3, -0.25) is 4.98 Å². The molecule has 172 valence electrons. The van der Waals surface area contributed by atoms with E-state index in [1.807, 2.05) is 23.6 Å². The van der Waals surface area contributed by atoms with Crippen LogP contribution in [0.2, 0.25) is 0 Å². The smallest absolute Gasteiger partial charge is 0.101 e. The van der Waals surface area contributed by atoms with Crippen LogP contribution in [-0.2, 0) is 0 Å². The summed E-state index contributed by atoms with van der Waals surface area (Å²) in [6, 6.07) is 41.1. The highest BCUT2D eigenvalue weighted by Crippen LogP contribution is 2.43. The summed E-state index contributed by atoms with van der Waals surface area (Å²) in [5, 5.41) is 14.5. The first kappa shape index (κ1) is 21.5. The molecule has 0 saturated heterocycles. The van der Waals surface area contributed by atoms with E-state index in [0.29, 0.717) is 5.56 Å². The minimum atomic E-state index is 0.566. The average Bonchev–Trinajstić information content (AvgIpc) is 3.35. The van der Waals surface area contributed by atoms with Crippen LogP contribution < -0.4 is 0 Å². The molecule has 0 N–H and O–H groups in total. The molecular weight excluding hydrogens is 468 g/mol. The molecule has 2 nitrogen and oxygen atoms in total. The molecule has 2 heterocycles. The van der Waals surface area contributed by atoms with Crippen molar-refractivity contribution in [3.8, 4) is 39.4 Å². The van der Waals surface area contributed by atoms with E-state index in [-0.39, 0.29) is 0 Å². The summed E-state index contributed by atoms with van der Waals surface area (Å²) in [6.45, 7) is 0. The van der Waals surface area contributed by atoms with Crippen LogP contribution in [0.1, 0.15) is 5.56 Å². The highest BCUT2D eigenvalue weighted by Gasteiger charge is 2.14. The number of benzene rings is 5. The number of rotatable bonds is 3. The van der Waals surface area contributed by atoms with E-state index in [1.165, 1.54) is 47.6 Å². The predicted octanol–water partition coefficient (Wildman–Crippen LogP) is 9.48. The minimum absolute atomic E-state index is 0.566. The number of aromatic nitrogens is 1. The van der Waals surface area contributed by atoms with Crippen LogP contribution in [0.5, 0.6) is 0 Å². The molecule has 0 radical (unpaired) electrons. The highest BCUT2D eigenvalue weighted by atomic mass is 32.1. The molecule has 0 saturated carbocycles. The number of thiophene rings is 1. The lowest BCUT2D eigenvalue weighted by Gasteiger charge is -2.09. The van der Waals surface area contributed by atoms with Crippen molar-refractivity contribution < 1.29 is 0 Å². The number of hydrogen-bond acceptors (Lipinski definition) is 3. The average molecular weight is 489 g/mol. The molecule has 0 aliphatic heterocycles. The molecule has 5 aromatic carbocycles. The number of fused-ring (bicyclic) bond motifs is 5. The van der Waals surface area contributed by atoms with Crippen molar-refractivity contribution in [3.63, 3.8) is 0 Å². The molecule has 0 bridgehead atoms. The molecular formula is C34H20N2S. The Labute approximate surface area is 218 Å². The van der Waals surface area contributed by atoms with Gasteiger partial charge in [0.2, 0.25) is 0 Å². The molecule has 0 unspecified atom stereocenters. The second-order valence-corrected chi connectivity index (χ2v) is 10.3. The normalized spacial score (nSPS) is 11.2. The number of hydrogen-bond donors (Lipinski definition) is 0. The highest BCUT2D eigenvalue weighted by molar-refractivity contribution is 7.26. The molecule has 7 aromatic rings. The Balaban J connectivity index is 1.40. The Morgan fingerprint density at radius 2 is 1.27 bits per heavy atom. The zero-order chi connectivity index (χ0) is 24.8. The van der Waals surface area contributed by atoms with Crippen LogP contribution in [0.3, 0.4) is 0 Å². The molecule has 3 heteroatoms. The van der Waals surface area contributed by atoms with Gasteiger partial charge in [0.1, 0.15) is 6.07 Å². The van der Waals surface area contributed by atoms with Crippen molar-refractivity contribution in [3.05, 3.63) is 127 Å². The van der Waals surface area contributed by atoms with E-state index in [0.717, 1.165) is 16.7 Å². The van der Waals surface area contributed by atoms with Crippen LogP contribution in [0.4, 0.5) is 0 Å². The molecule has 37 heavy (non-hydrogen) atoms. The largest absolute Gasteiger partial charge is 0.263 e. The summed E-state index contributed by atoms with van der Waals surface area (Å²) in [5.41, 5.74) is 7.41. The Morgan fingerprint density at radius 1 is 0.541 bits per heavy atom. The zero-order valence-electron chi connectivity index (χ0n) is 19.8. The first-order valence-corrected chi connectivity index (χ1v) is 13.0. The first-order valence-electron chi connectivity index (χ1n) is 12.2. The van der Waals surface area contributed by atoms with Gasteiger partial charge in [-0.2, -0.15) is 5.26 Å². The van der Waals surface area contributed by atoms with Gasteiger partial charge in [0.05, 0.1) is 5.56 Å². The number of nitriles is 1. The summed E-state index contributed by atoms with van der Waals surface area (Å²) in [7, 11) is 0. The first-order chi connectivity index (χ1) is 18.3. The van der Waals surface area contributed by atoms with Gasteiger partial charge in [0, 0.05) is 38.1 Å². The maximum absolute atomic E-state index is 9.26. The monoisotopic (exact) mass is 488 g/mol. The third-order valence-electron chi connectivity index (χ3n) is 6.96. The number of nitrogens with zero attached hydrogens (tertiary/aromatic N) is 2. The van der Waals surface area contributed by atoms with Crippen LogP contribution in [0, 0.1) is 11.3 Å². The van der Waals surface area contributed by atoms with Crippen molar-refractivity contribution >= 4 is 42.3 Å². The molecule has 0 atom stereocenters. The molecule has 0 amide bonds. The second kappa shape index (κ2) is 8.71. The third-order valence-corrected chi connectivity index (χ3v) is 8.06. The fraction of sp³-hybridized carbons (Fsp3) is 0. The van der Waals surface area contributed by atoms with E-state index in [1.54, 1.807) is 6.20 Å². The summed E-state index contributed by atoms with van der Waals surface area (Å²) in [6.07, 6.45) is 3.40. The van der Waals surface area contributed by atoms with Crippen LogP contribution >= 0.6 is 11.3 Å². The van der Waals surface area contributed by atoms with Gasteiger partial charge in [-0.1, -0.05) is 84.9 Å². The maximum atomic E-state index is 9.26. The lowest BCUT2D eigenvalue weighted by Crippen LogP contribution is -1.85. The summed E-state index contributed by atoms with van der Waals surface area (Å²) >= 11 is 1.85. The van der Waals surface area contributed by atoms with Gasteiger partial charge >= 0.3 is 0 Å². The molecule has 2 aromatic heterocycles. The van der Waals surface area contributed by atoms with Crippen molar-refractivity contribution in [2.75, 3.05) is 0 Å². The van der Waals surface area contributed by atoms with Crippen molar-refractivity contribution in [1.29, 1.82) is 5.26 Å². The van der Waals surface area contributed by atoms with E-state index in [9.17, 15) is 5.26 Å². The summed E-state index contributed by atoms with van der Waals surface area (Å²) in [5.74, 6) is 0. The quantitative estimate of drug-likeness (QED) is 0.248. The molecule has 0 aliphatic carbocycles. The van der Waals surface area contributed by atoms with E-state index >= 15 is 0 Å². The van der Waals surface area contributed by atoms with E-state index < -0.39 is 0 Å². The Morgan fingerprint density at radius 3 is 2.11 bits per heavy atom. The predicted molar refractivity (Wildman–Crippen MR) is 156 cm³/mol. The standard InChI is InChI=1S/C34H20N2S/c35-19-22-15-27(21-36-20-22)25-10-6-9-24(16-25)26-13-14-30-32(17-26)37-33-18-31(23-7-2-1-3-8-23)28-11-4-5-12-29(28)34(30)33/h1-18,20-21H. The fourth-order valence-corrected chi connectivity index (χ4v) is 6.41. The third kappa shape index (κ3) is 3.67. The topological polar surface area (TPSA) is 36.7 Å². The summed E-state index contributed by atoms with van der Waals surface area (Å²) in [4.78, 5) is 4.23. The van der Waals surface area contributed by atoms with Crippen LogP contribution in [0.15, 0.2) is 122 Å².